The number of aromatic nitrogens is 2. The molecule has 0 bridgehead atoms. The van der Waals surface area contributed by atoms with Crippen LogP contribution in [0.15, 0.2) is 12.3 Å². The third-order valence-electron chi connectivity index (χ3n) is 5.24. The number of hydrogen-bond acceptors (Lipinski definition) is 5. The first-order valence-electron chi connectivity index (χ1n) is 9.08. The van der Waals surface area contributed by atoms with Gasteiger partial charge in [-0.05, 0) is 38.8 Å². The SMILES string of the molecule is Cc1cc(C(=O)N2CCC(CC(=O)N3CCN(C)CC3)CC2)cnn1. The summed E-state index contributed by atoms with van der Waals surface area (Å²) >= 11 is 0. The van der Waals surface area contributed by atoms with Gasteiger partial charge in [0.25, 0.3) is 5.91 Å². The Kier molecular flexibility index (Phi) is 5.63. The Labute approximate surface area is 149 Å². The molecule has 0 atom stereocenters. The lowest BCUT2D eigenvalue weighted by molar-refractivity contribution is -0.134. The second-order valence-corrected chi connectivity index (χ2v) is 7.21. The Bertz CT molecular complexity index is 620. The van der Waals surface area contributed by atoms with Gasteiger partial charge in [-0.15, -0.1) is 0 Å². The molecular formula is C18H27N5O2. The van der Waals surface area contributed by atoms with Gasteiger partial charge in [-0.2, -0.15) is 10.2 Å². The molecule has 0 saturated carbocycles. The number of hydrogen-bond donors (Lipinski definition) is 0. The van der Waals surface area contributed by atoms with E-state index in [1.807, 2.05) is 16.7 Å². The van der Waals surface area contributed by atoms with Crippen molar-refractivity contribution in [2.24, 2.45) is 5.92 Å². The summed E-state index contributed by atoms with van der Waals surface area (Å²) in [6.07, 6.45) is 3.92. The van der Waals surface area contributed by atoms with Crippen LogP contribution in [0, 0.1) is 12.8 Å². The van der Waals surface area contributed by atoms with Crippen molar-refractivity contribution in [2.75, 3.05) is 46.3 Å². The zero-order chi connectivity index (χ0) is 17.8. The predicted molar refractivity (Wildman–Crippen MR) is 94.1 cm³/mol. The molecule has 136 valence electrons. The molecule has 7 nitrogen and oxygen atoms in total. The van der Waals surface area contributed by atoms with Crippen LogP contribution < -0.4 is 0 Å². The molecule has 3 heterocycles. The Morgan fingerprint density at radius 1 is 1.08 bits per heavy atom. The van der Waals surface area contributed by atoms with Gasteiger partial charge in [0.05, 0.1) is 17.5 Å². The number of carbonyl (C=O) groups excluding carboxylic acids is 2. The lowest BCUT2D eigenvalue weighted by atomic mass is 9.92. The lowest BCUT2D eigenvalue weighted by Gasteiger charge is -2.35. The summed E-state index contributed by atoms with van der Waals surface area (Å²) in [6, 6.07) is 1.78. The van der Waals surface area contributed by atoms with Crippen LogP contribution in [0.25, 0.3) is 0 Å². The topological polar surface area (TPSA) is 69.6 Å². The first kappa shape index (κ1) is 17.8. The molecule has 1 aromatic heterocycles. The van der Waals surface area contributed by atoms with Crippen LogP contribution in [-0.4, -0.2) is 83.0 Å². The molecule has 7 heteroatoms. The minimum atomic E-state index is 0.0156. The first-order valence-corrected chi connectivity index (χ1v) is 9.08. The molecule has 2 amide bonds. The van der Waals surface area contributed by atoms with Gasteiger partial charge < -0.3 is 14.7 Å². The van der Waals surface area contributed by atoms with Crippen molar-refractivity contribution >= 4 is 11.8 Å². The molecule has 2 fully saturated rings. The fourth-order valence-corrected chi connectivity index (χ4v) is 3.54. The third-order valence-corrected chi connectivity index (χ3v) is 5.24. The molecule has 3 rings (SSSR count). The van der Waals surface area contributed by atoms with Gasteiger partial charge in [-0.25, -0.2) is 0 Å². The van der Waals surface area contributed by atoms with E-state index in [0.29, 0.717) is 31.0 Å². The van der Waals surface area contributed by atoms with E-state index in [9.17, 15) is 9.59 Å². The van der Waals surface area contributed by atoms with Crippen LogP contribution >= 0.6 is 0 Å². The maximum absolute atomic E-state index is 12.5. The highest BCUT2D eigenvalue weighted by Gasteiger charge is 2.27. The summed E-state index contributed by atoms with van der Waals surface area (Å²) in [5.41, 5.74) is 1.35. The Hall–Kier alpha value is -2.02. The van der Waals surface area contributed by atoms with Crippen molar-refractivity contribution < 1.29 is 9.59 Å². The quantitative estimate of drug-likeness (QED) is 0.810. The van der Waals surface area contributed by atoms with Crippen LogP contribution in [0.3, 0.4) is 0 Å². The summed E-state index contributed by atoms with van der Waals surface area (Å²) in [7, 11) is 2.09. The summed E-state index contributed by atoms with van der Waals surface area (Å²) in [4.78, 5) is 31.1. The zero-order valence-electron chi connectivity index (χ0n) is 15.1. The van der Waals surface area contributed by atoms with Gasteiger partial charge in [-0.1, -0.05) is 0 Å². The molecule has 0 aliphatic carbocycles. The minimum Gasteiger partial charge on any atom is -0.340 e. The van der Waals surface area contributed by atoms with Crippen molar-refractivity contribution in [3.8, 4) is 0 Å². The lowest BCUT2D eigenvalue weighted by Crippen LogP contribution is -2.48. The highest BCUT2D eigenvalue weighted by Crippen LogP contribution is 2.23. The summed E-state index contributed by atoms with van der Waals surface area (Å²) < 4.78 is 0. The van der Waals surface area contributed by atoms with Gasteiger partial charge in [0.1, 0.15) is 0 Å². The van der Waals surface area contributed by atoms with Crippen LogP contribution in [-0.2, 0) is 4.79 Å². The number of nitrogens with zero attached hydrogens (tertiary/aromatic N) is 5. The molecule has 0 aromatic carbocycles. The van der Waals surface area contributed by atoms with E-state index < -0.39 is 0 Å². The van der Waals surface area contributed by atoms with Gasteiger partial charge >= 0.3 is 0 Å². The molecule has 2 aliphatic rings. The highest BCUT2D eigenvalue weighted by molar-refractivity contribution is 5.94. The van der Waals surface area contributed by atoms with Gasteiger partial charge in [-0.3, -0.25) is 9.59 Å². The fraction of sp³-hybridized carbons (Fsp3) is 0.667. The molecule has 0 spiro atoms. The summed E-state index contributed by atoms with van der Waals surface area (Å²) in [5.74, 6) is 0.669. The number of piperazine rings is 1. The zero-order valence-corrected chi connectivity index (χ0v) is 15.1. The van der Waals surface area contributed by atoms with E-state index >= 15 is 0 Å². The van der Waals surface area contributed by atoms with E-state index in [-0.39, 0.29) is 11.8 Å². The maximum atomic E-state index is 12.5. The number of likely N-dealkylation sites (N-methyl/N-ethyl adjacent to an activating group) is 1. The normalized spacial score (nSPS) is 19.9. The third kappa shape index (κ3) is 4.54. The highest BCUT2D eigenvalue weighted by atomic mass is 16.2. The summed E-state index contributed by atoms with van der Waals surface area (Å²) in [6.45, 7) is 6.83. The first-order chi connectivity index (χ1) is 12.0. The second kappa shape index (κ2) is 7.91. The Morgan fingerprint density at radius 2 is 1.76 bits per heavy atom. The van der Waals surface area contributed by atoms with Crippen molar-refractivity contribution in [1.82, 2.24) is 24.9 Å². The molecule has 2 saturated heterocycles. The molecular weight excluding hydrogens is 318 g/mol. The van der Waals surface area contributed by atoms with Gasteiger partial charge in [0.2, 0.25) is 5.91 Å². The van der Waals surface area contributed by atoms with Crippen LogP contribution in [0.2, 0.25) is 0 Å². The summed E-state index contributed by atoms with van der Waals surface area (Å²) in [5, 5.41) is 7.76. The monoisotopic (exact) mass is 345 g/mol. The van der Waals surface area contributed by atoms with E-state index in [4.69, 9.17) is 0 Å². The van der Waals surface area contributed by atoms with Crippen molar-refractivity contribution in [3.05, 3.63) is 23.5 Å². The maximum Gasteiger partial charge on any atom is 0.255 e. The van der Waals surface area contributed by atoms with E-state index in [0.717, 1.165) is 44.7 Å². The van der Waals surface area contributed by atoms with Gasteiger partial charge in [0, 0.05) is 45.7 Å². The van der Waals surface area contributed by atoms with E-state index in [1.54, 1.807) is 6.07 Å². The number of aryl methyl sites for hydroxylation is 1. The van der Waals surface area contributed by atoms with Crippen molar-refractivity contribution in [3.63, 3.8) is 0 Å². The molecule has 0 radical (unpaired) electrons. The largest absolute Gasteiger partial charge is 0.340 e. The average molecular weight is 345 g/mol. The van der Waals surface area contributed by atoms with Crippen LogP contribution in [0.4, 0.5) is 0 Å². The molecule has 25 heavy (non-hydrogen) atoms. The molecule has 2 aliphatic heterocycles. The Balaban J connectivity index is 1.47. The smallest absolute Gasteiger partial charge is 0.255 e. The molecule has 1 aromatic rings. The number of amides is 2. The van der Waals surface area contributed by atoms with Crippen molar-refractivity contribution in [2.45, 2.75) is 26.2 Å². The Morgan fingerprint density at radius 3 is 2.40 bits per heavy atom. The average Bonchev–Trinajstić information content (AvgIpc) is 2.62. The second-order valence-electron chi connectivity index (χ2n) is 7.21. The van der Waals surface area contributed by atoms with Crippen LogP contribution in [0.1, 0.15) is 35.3 Å². The number of likely N-dealkylation sites (tertiary alicyclic amines) is 1. The van der Waals surface area contributed by atoms with E-state index in [1.165, 1.54) is 6.20 Å². The molecule has 0 N–H and O–H groups in total. The molecule has 0 unspecified atom stereocenters. The minimum absolute atomic E-state index is 0.0156. The number of carbonyl (C=O) groups is 2. The van der Waals surface area contributed by atoms with Crippen LogP contribution in [0.5, 0.6) is 0 Å². The van der Waals surface area contributed by atoms with Gasteiger partial charge in [0.15, 0.2) is 0 Å². The number of piperidine rings is 1. The van der Waals surface area contributed by atoms with Crippen molar-refractivity contribution in [1.29, 1.82) is 0 Å². The standard InChI is InChI=1S/C18H27N5O2/c1-14-11-16(13-19-20-14)18(25)23-5-3-15(4-6-23)12-17(24)22-9-7-21(2)8-10-22/h11,13,15H,3-10,12H2,1-2H3. The predicted octanol–water partition coefficient (Wildman–Crippen LogP) is 0.801. The number of rotatable bonds is 3. The van der Waals surface area contributed by atoms with E-state index in [2.05, 4.69) is 22.1 Å². The fourth-order valence-electron chi connectivity index (χ4n) is 3.54.